The number of halogens is 1. The van der Waals surface area contributed by atoms with Gasteiger partial charge in [0, 0.05) is 35.4 Å². The second-order valence-electron chi connectivity index (χ2n) is 5.84. The Labute approximate surface area is 153 Å². The number of ether oxygens (including phenoxy) is 1. The summed E-state index contributed by atoms with van der Waals surface area (Å²) in [6, 6.07) is 15.7. The topological polar surface area (TPSA) is 62.3 Å². The molecule has 128 valence electrons. The summed E-state index contributed by atoms with van der Waals surface area (Å²) in [6.45, 7) is 6.02. The van der Waals surface area contributed by atoms with Crippen molar-refractivity contribution >= 4 is 17.3 Å². The van der Waals surface area contributed by atoms with Crippen molar-refractivity contribution in [2.75, 3.05) is 18.0 Å². The number of allylic oxidation sites excluding steroid dienone is 1. The van der Waals surface area contributed by atoms with E-state index in [2.05, 4.69) is 30.9 Å². The average Bonchev–Trinajstić information content (AvgIpc) is 2.62. The molecule has 0 saturated heterocycles. The van der Waals surface area contributed by atoms with Gasteiger partial charge in [0.15, 0.2) is 0 Å². The van der Waals surface area contributed by atoms with E-state index in [1.54, 1.807) is 0 Å². The van der Waals surface area contributed by atoms with Gasteiger partial charge in [0.05, 0.1) is 5.92 Å². The van der Waals surface area contributed by atoms with Crippen molar-refractivity contribution < 1.29 is 4.74 Å². The molecule has 0 fully saturated rings. The highest BCUT2D eigenvalue weighted by Crippen LogP contribution is 2.45. The lowest BCUT2D eigenvalue weighted by molar-refractivity contribution is 0.393. The van der Waals surface area contributed by atoms with Crippen molar-refractivity contribution in [3.05, 3.63) is 70.1 Å². The van der Waals surface area contributed by atoms with Crippen LogP contribution in [0.1, 0.15) is 30.9 Å². The van der Waals surface area contributed by atoms with Crippen LogP contribution < -0.4 is 15.4 Å². The fourth-order valence-electron chi connectivity index (χ4n) is 3.26. The van der Waals surface area contributed by atoms with Crippen LogP contribution in [0.15, 0.2) is 53.9 Å². The van der Waals surface area contributed by atoms with Gasteiger partial charge in [-0.15, -0.1) is 0 Å². The molecule has 2 N–H and O–H groups in total. The summed E-state index contributed by atoms with van der Waals surface area (Å²) < 4.78 is 5.77. The summed E-state index contributed by atoms with van der Waals surface area (Å²) in [5.74, 6) is 0.482. The van der Waals surface area contributed by atoms with Crippen LogP contribution in [0.5, 0.6) is 5.75 Å². The third-order valence-electron chi connectivity index (χ3n) is 4.55. The first-order valence-corrected chi connectivity index (χ1v) is 8.69. The molecular formula is C20H20ClN3O. The second-order valence-corrected chi connectivity index (χ2v) is 6.25. The predicted octanol–water partition coefficient (Wildman–Crippen LogP) is 4.40. The molecule has 0 unspecified atom stereocenters. The molecule has 0 aliphatic carbocycles. The maximum atomic E-state index is 9.61. The van der Waals surface area contributed by atoms with Gasteiger partial charge in [0.25, 0.3) is 0 Å². The number of nitriles is 1. The predicted molar refractivity (Wildman–Crippen MR) is 101 cm³/mol. The minimum absolute atomic E-state index is 0.136. The fourth-order valence-corrected chi connectivity index (χ4v) is 3.50. The molecule has 0 spiro atoms. The van der Waals surface area contributed by atoms with Crippen molar-refractivity contribution in [2.45, 2.75) is 19.8 Å². The van der Waals surface area contributed by atoms with E-state index < -0.39 is 0 Å². The molecule has 5 heteroatoms. The Hall–Kier alpha value is -2.64. The van der Waals surface area contributed by atoms with Crippen molar-refractivity contribution in [2.24, 2.45) is 5.73 Å². The van der Waals surface area contributed by atoms with Gasteiger partial charge in [-0.1, -0.05) is 35.9 Å². The number of anilines is 1. The van der Waals surface area contributed by atoms with Crippen LogP contribution >= 0.6 is 11.6 Å². The van der Waals surface area contributed by atoms with Crippen LogP contribution in [0.25, 0.3) is 0 Å². The number of nitrogens with two attached hydrogens (primary N) is 1. The third-order valence-corrected chi connectivity index (χ3v) is 4.89. The highest BCUT2D eigenvalue weighted by molar-refractivity contribution is 6.31. The van der Waals surface area contributed by atoms with Crippen LogP contribution in [0, 0.1) is 11.3 Å². The zero-order chi connectivity index (χ0) is 18.0. The van der Waals surface area contributed by atoms with Crippen LogP contribution in [0.4, 0.5) is 5.69 Å². The first kappa shape index (κ1) is 17.2. The van der Waals surface area contributed by atoms with E-state index in [9.17, 15) is 5.26 Å². The molecule has 3 rings (SSSR count). The number of fused-ring (bicyclic) bond motifs is 1. The molecule has 25 heavy (non-hydrogen) atoms. The quantitative estimate of drug-likeness (QED) is 0.884. The summed E-state index contributed by atoms with van der Waals surface area (Å²) in [5, 5.41) is 10.2. The van der Waals surface area contributed by atoms with Gasteiger partial charge >= 0.3 is 0 Å². The lowest BCUT2D eigenvalue weighted by Gasteiger charge is -2.29. The van der Waals surface area contributed by atoms with Crippen LogP contribution in [-0.2, 0) is 0 Å². The molecule has 2 aromatic carbocycles. The Balaban J connectivity index is 2.17. The van der Waals surface area contributed by atoms with Gasteiger partial charge in [-0.2, -0.15) is 5.26 Å². The summed E-state index contributed by atoms with van der Waals surface area (Å²) in [6.07, 6.45) is 0. The van der Waals surface area contributed by atoms with Crippen LogP contribution in [0.3, 0.4) is 0 Å². The van der Waals surface area contributed by atoms with Crippen molar-refractivity contribution in [3.8, 4) is 11.8 Å². The maximum absolute atomic E-state index is 9.61. The smallest absolute Gasteiger partial charge is 0.205 e. The first-order chi connectivity index (χ1) is 12.1. The summed E-state index contributed by atoms with van der Waals surface area (Å²) >= 11 is 6.40. The number of benzene rings is 2. The SMILES string of the molecule is CCN(CC)c1ccc2c(c1)OC(N)=C(C#N)[C@H]2c1ccccc1Cl. The Morgan fingerprint density at radius 3 is 2.52 bits per heavy atom. The number of nitrogens with zero attached hydrogens (tertiary/aromatic N) is 2. The third kappa shape index (κ3) is 3.04. The molecule has 2 aromatic rings. The number of hydrogen-bond donors (Lipinski definition) is 1. The zero-order valence-corrected chi connectivity index (χ0v) is 15.0. The van der Waals surface area contributed by atoms with Gasteiger partial charge in [0.1, 0.15) is 17.4 Å². The van der Waals surface area contributed by atoms with E-state index >= 15 is 0 Å². The molecule has 0 amide bonds. The van der Waals surface area contributed by atoms with E-state index in [1.165, 1.54) is 0 Å². The molecular weight excluding hydrogens is 334 g/mol. The first-order valence-electron chi connectivity index (χ1n) is 8.31. The summed E-state index contributed by atoms with van der Waals surface area (Å²) in [5.41, 5.74) is 9.25. The Morgan fingerprint density at radius 2 is 1.88 bits per heavy atom. The fraction of sp³-hybridized carbons (Fsp3) is 0.250. The van der Waals surface area contributed by atoms with Crippen LogP contribution in [0.2, 0.25) is 5.02 Å². The molecule has 1 aliphatic rings. The minimum Gasteiger partial charge on any atom is -0.440 e. The van der Waals surface area contributed by atoms with E-state index in [0.717, 1.165) is 29.9 Å². The Morgan fingerprint density at radius 1 is 1.16 bits per heavy atom. The van der Waals surface area contributed by atoms with Gasteiger partial charge in [0.2, 0.25) is 5.88 Å². The molecule has 1 atom stereocenters. The van der Waals surface area contributed by atoms with Gasteiger partial charge < -0.3 is 15.4 Å². The van der Waals surface area contributed by atoms with Gasteiger partial charge in [-0.05, 0) is 31.5 Å². The molecule has 1 aliphatic heterocycles. The summed E-state index contributed by atoms with van der Waals surface area (Å²) in [4.78, 5) is 2.23. The highest BCUT2D eigenvalue weighted by atomic mass is 35.5. The van der Waals surface area contributed by atoms with Gasteiger partial charge in [-0.3, -0.25) is 0 Å². The summed E-state index contributed by atoms with van der Waals surface area (Å²) in [7, 11) is 0. The monoisotopic (exact) mass is 353 g/mol. The van der Waals surface area contributed by atoms with Gasteiger partial charge in [-0.25, -0.2) is 0 Å². The zero-order valence-electron chi connectivity index (χ0n) is 14.3. The number of rotatable bonds is 4. The molecule has 4 nitrogen and oxygen atoms in total. The van der Waals surface area contributed by atoms with Crippen molar-refractivity contribution in [3.63, 3.8) is 0 Å². The second kappa shape index (κ2) is 7.08. The Bertz CT molecular complexity index is 865. The normalized spacial score (nSPS) is 16.0. The van der Waals surface area contributed by atoms with Crippen LogP contribution in [-0.4, -0.2) is 13.1 Å². The average molecular weight is 354 g/mol. The molecule has 0 saturated carbocycles. The van der Waals surface area contributed by atoms with E-state index in [1.807, 2.05) is 36.4 Å². The molecule has 0 radical (unpaired) electrons. The maximum Gasteiger partial charge on any atom is 0.205 e. The highest BCUT2D eigenvalue weighted by Gasteiger charge is 2.32. The van der Waals surface area contributed by atoms with E-state index in [0.29, 0.717) is 16.3 Å². The lowest BCUT2D eigenvalue weighted by Crippen LogP contribution is -2.24. The Kier molecular flexibility index (Phi) is 4.87. The number of hydrogen-bond acceptors (Lipinski definition) is 4. The molecule has 0 aromatic heterocycles. The standard InChI is InChI=1S/C20H20ClN3O/c1-3-24(4-2)13-9-10-15-18(11-13)25-20(23)16(12-22)19(15)14-7-5-6-8-17(14)21/h5-11,19H,3-4,23H2,1-2H3/t19-/m0/s1. The minimum atomic E-state index is -0.326. The lowest BCUT2D eigenvalue weighted by atomic mass is 9.83. The van der Waals surface area contributed by atoms with Crippen molar-refractivity contribution in [1.82, 2.24) is 0 Å². The molecule has 0 bridgehead atoms. The van der Waals surface area contributed by atoms with E-state index in [-0.39, 0.29) is 11.8 Å². The van der Waals surface area contributed by atoms with E-state index in [4.69, 9.17) is 22.1 Å². The van der Waals surface area contributed by atoms with Crippen molar-refractivity contribution in [1.29, 1.82) is 5.26 Å². The largest absolute Gasteiger partial charge is 0.440 e. The molecule has 1 heterocycles.